The summed E-state index contributed by atoms with van der Waals surface area (Å²) in [5.74, 6) is 1.04. The zero-order valence-electron chi connectivity index (χ0n) is 25.5. The van der Waals surface area contributed by atoms with Crippen LogP contribution in [0.2, 0.25) is 0 Å². The highest BCUT2D eigenvalue weighted by atomic mass is 16.5. The van der Waals surface area contributed by atoms with Gasteiger partial charge in [0.2, 0.25) is 5.91 Å². The lowest BCUT2D eigenvalue weighted by molar-refractivity contribution is -0.115. The van der Waals surface area contributed by atoms with Crippen molar-refractivity contribution in [3.05, 3.63) is 96.1 Å². The summed E-state index contributed by atoms with van der Waals surface area (Å²) in [7, 11) is 0. The molecule has 1 aliphatic carbocycles. The van der Waals surface area contributed by atoms with Crippen molar-refractivity contribution < 1.29 is 33.7 Å². The molecule has 9 nitrogen and oxygen atoms in total. The molecule has 4 aromatic rings. The molecule has 0 saturated heterocycles. The van der Waals surface area contributed by atoms with Crippen LogP contribution in [0.25, 0.3) is 10.8 Å². The lowest BCUT2D eigenvalue weighted by Gasteiger charge is -2.29. The summed E-state index contributed by atoms with van der Waals surface area (Å²) in [5.41, 5.74) is 1.08. The van der Waals surface area contributed by atoms with Gasteiger partial charge in [-0.05, 0) is 96.5 Å². The maximum atomic E-state index is 12.5. The Labute approximate surface area is 262 Å². The van der Waals surface area contributed by atoms with Crippen LogP contribution in [0.4, 0.5) is 10.5 Å². The van der Waals surface area contributed by atoms with Crippen LogP contribution in [0.5, 0.6) is 17.2 Å². The summed E-state index contributed by atoms with van der Waals surface area (Å²) in [5, 5.41) is 17.0. The molecule has 0 spiro atoms. The van der Waals surface area contributed by atoms with Crippen molar-refractivity contribution in [3.8, 4) is 17.2 Å². The van der Waals surface area contributed by atoms with Gasteiger partial charge in [0.25, 0.3) is 0 Å². The molecule has 2 amide bonds. The van der Waals surface area contributed by atoms with Crippen LogP contribution < -0.4 is 20.1 Å². The van der Waals surface area contributed by atoms with Gasteiger partial charge in [0.1, 0.15) is 17.2 Å². The number of para-hydroxylation sites is 1. The normalized spacial score (nSPS) is 16.2. The predicted molar refractivity (Wildman–Crippen MR) is 172 cm³/mol. The van der Waals surface area contributed by atoms with E-state index in [0.717, 1.165) is 47.8 Å². The van der Waals surface area contributed by atoms with Crippen LogP contribution in [0, 0.1) is 5.92 Å². The number of alkyl carbamates (subject to hydrolysis) is 1. The van der Waals surface area contributed by atoms with E-state index in [-0.39, 0.29) is 41.8 Å². The maximum absolute atomic E-state index is 12.5. The van der Waals surface area contributed by atoms with Gasteiger partial charge in [0.15, 0.2) is 0 Å². The monoisotopic (exact) mass is 610 g/mol. The van der Waals surface area contributed by atoms with Gasteiger partial charge in [-0.1, -0.05) is 50.2 Å². The summed E-state index contributed by atoms with van der Waals surface area (Å²) in [6, 6.07) is 25.5. The zero-order valence-corrected chi connectivity index (χ0v) is 25.5. The van der Waals surface area contributed by atoms with Crippen molar-refractivity contribution in [1.29, 1.82) is 0 Å². The molecule has 0 bridgehead atoms. The van der Waals surface area contributed by atoms with Gasteiger partial charge in [-0.2, -0.15) is 0 Å². The van der Waals surface area contributed by atoms with Crippen LogP contribution in [0.1, 0.15) is 55.5 Å². The minimum Gasteiger partial charge on any atom is -0.490 e. The molecule has 5 rings (SSSR count). The smallest absolute Gasteiger partial charge is 0.407 e. The first kappa shape index (κ1) is 31.4. The van der Waals surface area contributed by atoms with E-state index in [1.54, 1.807) is 30.3 Å². The highest BCUT2D eigenvalue weighted by Gasteiger charge is 2.24. The standard InChI is InChI=1S/C36H38N2O7/c1-23(2)22-43-36(42)37-27-11-17-29(18-12-27)45-31-16-10-25-20-30(15-9-26(25)21-31)44-28-13-7-24(8-14-28)19-34(39)38-33-6-4-3-5-32(33)35(40)41/h3-10,13-16,20-21,23,27,29H,11-12,17-19,22H2,1-2H3,(H,37,42)(H,38,39)(H,40,41). The van der Waals surface area contributed by atoms with Gasteiger partial charge in [0.05, 0.1) is 30.4 Å². The minimum absolute atomic E-state index is 0.0444. The third kappa shape index (κ3) is 8.98. The second kappa shape index (κ2) is 14.6. The zero-order chi connectivity index (χ0) is 31.8. The average Bonchev–Trinajstić information content (AvgIpc) is 3.02. The number of carbonyl (C=O) groups excluding carboxylic acids is 2. The average molecular weight is 611 g/mol. The van der Waals surface area contributed by atoms with Crippen molar-refractivity contribution in [2.45, 2.75) is 58.1 Å². The van der Waals surface area contributed by atoms with Gasteiger partial charge < -0.3 is 30.0 Å². The Kier molecular flexibility index (Phi) is 10.2. The van der Waals surface area contributed by atoms with Gasteiger partial charge in [0, 0.05) is 6.04 Å². The topological polar surface area (TPSA) is 123 Å². The van der Waals surface area contributed by atoms with Gasteiger partial charge in [-0.15, -0.1) is 0 Å². The van der Waals surface area contributed by atoms with Crippen LogP contribution in [0.15, 0.2) is 84.9 Å². The van der Waals surface area contributed by atoms with Gasteiger partial charge in [-0.25, -0.2) is 9.59 Å². The van der Waals surface area contributed by atoms with Gasteiger partial charge >= 0.3 is 12.1 Å². The molecule has 0 aromatic heterocycles. The molecular formula is C36H38N2O7. The van der Waals surface area contributed by atoms with Crippen molar-refractivity contribution in [2.75, 3.05) is 11.9 Å². The molecule has 0 aliphatic heterocycles. The third-order valence-electron chi connectivity index (χ3n) is 7.59. The number of benzene rings is 4. The predicted octanol–water partition coefficient (Wildman–Crippen LogP) is 7.58. The van der Waals surface area contributed by atoms with Crippen molar-refractivity contribution in [2.24, 2.45) is 5.92 Å². The van der Waals surface area contributed by atoms with E-state index in [4.69, 9.17) is 14.2 Å². The first-order chi connectivity index (χ1) is 21.7. The number of anilines is 1. The number of fused-ring (bicyclic) bond motifs is 1. The van der Waals surface area contributed by atoms with Crippen LogP contribution in [-0.2, 0) is 16.0 Å². The summed E-state index contributed by atoms with van der Waals surface area (Å²) in [6.07, 6.45) is 3.29. The maximum Gasteiger partial charge on any atom is 0.407 e. The van der Waals surface area contributed by atoms with Gasteiger partial charge in [-0.3, -0.25) is 4.79 Å². The summed E-state index contributed by atoms with van der Waals surface area (Å²) in [6.45, 7) is 4.45. The van der Waals surface area contributed by atoms with E-state index in [2.05, 4.69) is 10.6 Å². The number of amides is 2. The molecule has 4 aromatic carbocycles. The number of ether oxygens (including phenoxy) is 3. The van der Waals surface area contributed by atoms with E-state index < -0.39 is 5.97 Å². The summed E-state index contributed by atoms with van der Waals surface area (Å²) >= 11 is 0. The molecule has 45 heavy (non-hydrogen) atoms. The fourth-order valence-corrected chi connectivity index (χ4v) is 5.28. The fourth-order valence-electron chi connectivity index (χ4n) is 5.28. The Hall–Kier alpha value is -5.05. The minimum atomic E-state index is -1.10. The molecule has 3 N–H and O–H groups in total. The highest BCUT2D eigenvalue weighted by molar-refractivity contribution is 6.01. The molecule has 0 radical (unpaired) electrons. The fraction of sp³-hybridized carbons (Fsp3) is 0.306. The van der Waals surface area contributed by atoms with Crippen molar-refractivity contribution >= 4 is 34.4 Å². The van der Waals surface area contributed by atoms with Crippen LogP contribution >= 0.6 is 0 Å². The molecule has 0 heterocycles. The van der Waals surface area contributed by atoms with E-state index in [1.807, 2.05) is 62.4 Å². The Morgan fingerprint density at radius 1 is 0.822 bits per heavy atom. The quantitative estimate of drug-likeness (QED) is 0.160. The number of aromatic carboxylic acids is 1. The Morgan fingerprint density at radius 2 is 1.47 bits per heavy atom. The Bertz CT molecular complexity index is 1640. The van der Waals surface area contributed by atoms with E-state index in [1.165, 1.54) is 6.07 Å². The number of rotatable bonds is 11. The largest absolute Gasteiger partial charge is 0.490 e. The summed E-state index contributed by atoms with van der Waals surface area (Å²) < 4.78 is 17.6. The molecule has 0 unspecified atom stereocenters. The molecule has 0 atom stereocenters. The second-order valence-corrected chi connectivity index (χ2v) is 11.7. The number of carbonyl (C=O) groups is 3. The Balaban J connectivity index is 1.11. The van der Waals surface area contributed by atoms with E-state index >= 15 is 0 Å². The first-order valence-corrected chi connectivity index (χ1v) is 15.2. The summed E-state index contributed by atoms with van der Waals surface area (Å²) in [4.78, 5) is 35.9. The number of hydrogen-bond donors (Lipinski definition) is 3. The van der Waals surface area contributed by atoms with Crippen LogP contribution in [-0.4, -0.2) is 41.8 Å². The first-order valence-electron chi connectivity index (χ1n) is 15.2. The van der Waals surface area contributed by atoms with E-state index in [9.17, 15) is 19.5 Å². The van der Waals surface area contributed by atoms with E-state index in [0.29, 0.717) is 24.0 Å². The lowest BCUT2D eigenvalue weighted by atomic mass is 9.93. The molecule has 234 valence electrons. The molecule has 1 aliphatic rings. The lowest BCUT2D eigenvalue weighted by Crippen LogP contribution is -2.40. The van der Waals surface area contributed by atoms with Crippen molar-refractivity contribution in [3.63, 3.8) is 0 Å². The van der Waals surface area contributed by atoms with Crippen LogP contribution in [0.3, 0.4) is 0 Å². The third-order valence-corrected chi connectivity index (χ3v) is 7.59. The van der Waals surface area contributed by atoms with Crippen molar-refractivity contribution in [1.82, 2.24) is 5.32 Å². The number of carboxylic acids is 1. The highest BCUT2D eigenvalue weighted by Crippen LogP contribution is 2.30. The number of hydrogen-bond acceptors (Lipinski definition) is 6. The molecule has 9 heteroatoms. The molecule has 1 saturated carbocycles. The Morgan fingerprint density at radius 3 is 2.16 bits per heavy atom. The molecular weight excluding hydrogens is 572 g/mol. The second-order valence-electron chi connectivity index (χ2n) is 11.7. The number of nitrogens with one attached hydrogen (secondary N) is 2. The molecule has 1 fully saturated rings. The SMILES string of the molecule is CC(C)COC(=O)NC1CCC(Oc2ccc3cc(Oc4ccc(CC(=O)Nc5ccccc5C(=O)O)cc4)ccc3c2)CC1. The number of carboxylic acid groups (broad SMARTS) is 1.